The molecule has 0 saturated heterocycles. The third-order valence-corrected chi connectivity index (χ3v) is 6.69. The summed E-state index contributed by atoms with van der Waals surface area (Å²) in [6.07, 6.45) is 0.134. The van der Waals surface area contributed by atoms with E-state index in [9.17, 15) is 9.59 Å². The van der Waals surface area contributed by atoms with E-state index in [1.807, 2.05) is 54.6 Å². The van der Waals surface area contributed by atoms with Gasteiger partial charge in [0.25, 0.3) is 5.91 Å². The molecular formula is C22H23N3O4S2. The van der Waals surface area contributed by atoms with Crippen LogP contribution >= 0.6 is 21.6 Å². The predicted octanol–water partition coefficient (Wildman–Crippen LogP) is 4.13. The van der Waals surface area contributed by atoms with Gasteiger partial charge in [-0.2, -0.15) is 5.10 Å². The molecular weight excluding hydrogens is 434 g/mol. The predicted molar refractivity (Wildman–Crippen MR) is 125 cm³/mol. The van der Waals surface area contributed by atoms with Gasteiger partial charge in [0.15, 0.2) is 5.69 Å². The highest BCUT2D eigenvalue weighted by Crippen LogP contribution is 2.26. The highest BCUT2D eigenvalue weighted by Gasteiger charge is 2.16. The summed E-state index contributed by atoms with van der Waals surface area (Å²) in [7, 11) is 4.65. The number of benzene rings is 2. The van der Waals surface area contributed by atoms with Crippen LogP contribution in [0.1, 0.15) is 16.9 Å². The van der Waals surface area contributed by atoms with Crippen LogP contribution in [0.2, 0.25) is 0 Å². The molecule has 3 rings (SSSR count). The van der Waals surface area contributed by atoms with Crippen molar-refractivity contribution in [2.75, 3.05) is 25.2 Å². The number of aromatic nitrogens is 2. The Morgan fingerprint density at radius 1 is 1.06 bits per heavy atom. The zero-order chi connectivity index (χ0) is 22.1. The second-order valence-corrected chi connectivity index (χ2v) is 9.14. The van der Waals surface area contributed by atoms with Crippen molar-refractivity contribution in [2.24, 2.45) is 0 Å². The number of ether oxygens (including phenoxy) is 1. The van der Waals surface area contributed by atoms with Gasteiger partial charge in [-0.15, -0.1) is 0 Å². The van der Waals surface area contributed by atoms with Crippen LogP contribution in [0.4, 0.5) is 0 Å². The Labute approximate surface area is 188 Å². The van der Waals surface area contributed by atoms with Crippen molar-refractivity contribution < 1.29 is 19.4 Å². The van der Waals surface area contributed by atoms with Gasteiger partial charge in [0.2, 0.25) is 0 Å². The molecule has 7 nitrogen and oxygen atoms in total. The van der Waals surface area contributed by atoms with Crippen LogP contribution in [-0.2, 0) is 4.79 Å². The van der Waals surface area contributed by atoms with Gasteiger partial charge in [-0.25, -0.2) is 4.68 Å². The second kappa shape index (κ2) is 11.5. The van der Waals surface area contributed by atoms with E-state index in [-0.39, 0.29) is 12.3 Å². The van der Waals surface area contributed by atoms with Crippen LogP contribution < -0.4 is 10.1 Å². The Morgan fingerprint density at radius 2 is 1.77 bits per heavy atom. The van der Waals surface area contributed by atoms with Gasteiger partial charge in [-0.1, -0.05) is 39.8 Å². The maximum absolute atomic E-state index is 12.7. The standard InChI is InChI=1S/C22H23N3O4S2/c1-29-18-9-7-16(8-10-18)20-15-19(24-25(20)17-5-3-2-4-6-17)22(28)23-12-14-31-30-13-11-21(26)27/h2-10,15H,11-14H2,1H3,(H,23,28)(H,26,27). The quantitative estimate of drug-likeness (QED) is 0.330. The fourth-order valence-corrected chi connectivity index (χ4v) is 4.66. The molecule has 162 valence electrons. The number of carbonyl (C=O) groups is 2. The first-order valence-electron chi connectivity index (χ1n) is 9.63. The number of aliphatic carboxylic acids is 1. The van der Waals surface area contributed by atoms with E-state index in [2.05, 4.69) is 10.4 Å². The van der Waals surface area contributed by atoms with Crippen LogP contribution in [0.3, 0.4) is 0 Å². The number of carboxylic acid groups (broad SMARTS) is 1. The topological polar surface area (TPSA) is 93.4 Å². The first-order valence-corrected chi connectivity index (χ1v) is 12.1. The molecule has 0 radical (unpaired) electrons. The molecule has 0 spiro atoms. The van der Waals surface area contributed by atoms with E-state index in [0.29, 0.717) is 23.7 Å². The molecule has 1 amide bonds. The highest BCUT2D eigenvalue weighted by atomic mass is 33.1. The number of carboxylic acids is 1. The number of methoxy groups -OCH3 is 1. The molecule has 3 aromatic rings. The molecule has 2 N–H and O–H groups in total. The summed E-state index contributed by atoms with van der Waals surface area (Å²) in [5.41, 5.74) is 2.91. The summed E-state index contributed by atoms with van der Waals surface area (Å²) in [6.45, 7) is 0.472. The number of para-hydroxylation sites is 1. The Balaban J connectivity index is 1.70. The minimum Gasteiger partial charge on any atom is -0.497 e. The van der Waals surface area contributed by atoms with Crippen molar-refractivity contribution in [3.63, 3.8) is 0 Å². The molecule has 0 aliphatic carbocycles. The van der Waals surface area contributed by atoms with Gasteiger partial charge in [0, 0.05) is 23.6 Å². The Hall–Kier alpha value is -2.91. The van der Waals surface area contributed by atoms with Gasteiger partial charge in [-0.3, -0.25) is 9.59 Å². The number of nitrogens with zero attached hydrogens (tertiary/aromatic N) is 2. The molecule has 2 aromatic carbocycles. The van der Waals surface area contributed by atoms with Crippen LogP contribution in [0.25, 0.3) is 16.9 Å². The van der Waals surface area contributed by atoms with Gasteiger partial charge in [0.05, 0.1) is 24.9 Å². The molecule has 0 unspecified atom stereocenters. The second-order valence-electron chi connectivity index (χ2n) is 6.43. The maximum Gasteiger partial charge on any atom is 0.304 e. The Bertz CT molecular complexity index is 1010. The molecule has 0 fully saturated rings. The SMILES string of the molecule is COc1ccc(-c2cc(C(=O)NCCSSCCC(=O)O)nn2-c2ccccc2)cc1. The van der Waals surface area contributed by atoms with E-state index in [1.54, 1.807) is 17.9 Å². The van der Waals surface area contributed by atoms with Gasteiger partial charge >= 0.3 is 5.97 Å². The Kier molecular flexibility index (Phi) is 8.43. The minimum atomic E-state index is -0.803. The highest BCUT2D eigenvalue weighted by molar-refractivity contribution is 8.76. The average Bonchev–Trinajstić information content (AvgIpc) is 3.24. The number of carbonyl (C=O) groups excluding carboxylic acids is 1. The summed E-state index contributed by atoms with van der Waals surface area (Å²) in [4.78, 5) is 23.2. The van der Waals surface area contributed by atoms with Crippen LogP contribution in [-0.4, -0.2) is 51.9 Å². The number of nitrogens with one attached hydrogen (secondary N) is 1. The zero-order valence-corrected chi connectivity index (χ0v) is 18.6. The first-order chi connectivity index (χ1) is 15.1. The van der Waals surface area contributed by atoms with Crippen molar-refractivity contribution in [1.82, 2.24) is 15.1 Å². The van der Waals surface area contributed by atoms with Gasteiger partial charge in [0.1, 0.15) is 5.75 Å². The molecule has 1 aromatic heterocycles. The Morgan fingerprint density at radius 3 is 2.45 bits per heavy atom. The fraction of sp³-hybridized carbons (Fsp3) is 0.227. The normalized spacial score (nSPS) is 10.6. The lowest BCUT2D eigenvalue weighted by molar-refractivity contribution is -0.136. The summed E-state index contributed by atoms with van der Waals surface area (Å²) < 4.78 is 6.99. The van der Waals surface area contributed by atoms with Crippen molar-refractivity contribution in [3.8, 4) is 22.7 Å². The van der Waals surface area contributed by atoms with Gasteiger partial charge in [-0.05, 0) is 42.5 Å². The van der Waals surface area contributed by atoms with Gasteiger partial charge < -0.3 is 15.2 Å². The fourth-order valence-electron chi connectivity index (χ4n) is 2.77. The molecule has 0 aliphatic heterocycles. The number of rotatable bonds is 11. The maximum atomic E-state index is 12.7. The largest absolute Gasteiger partial charge is 0.497 e. The van der Waals surface area contributed by atoms with E-state index in [4.69, 9.17) is 9.84 Å². The van der Waals surface area contributed by atoms with Crippen molar-refractivity contribution in [1.29, 1.82) is 0 Å². The van der Waals surface area contributed by atoms with Crippen LogP contribution in [0.5, 0.6) is 5.75 Å². The molecule has 31 heavy (non-hydrogen) atoms. The summed E-state index contributed by atoms with van der Waals surface area (Å²) in [5, 5.41) is 16.1. The van der Waals surface area contributed by atoms with Crippen LogP contribution in [0, 0.1) is 0 Å². The third-order valence-electron chi connectivity index (χ3n) is 4.28. The third kappa shape index (κ3) is 6.53. The summed E-state index contributed by atoms with van der Waals surface area (Å²) in [5.74, 6) is 0.927. The monoisotopic (exact) mass is 457 g/mol. The van der Waals surface area contributed by atoms with Crippen LogP contribution in [0.15, 0.2) is 60.7 Å². The molecule has 0 aliphatic rings. The first kappa shape index (κ1) is 22.8. The lowest BCUT2D eigenvalue weighted by atomic mass is 10.1. The lowest BCUT2D eigenvalue weighted by Gasteiger charge is -2.08. The number of hydrogen-bond acceptors (Lipinski definition) is 6. The van der Waals surface area contributed by atoms with E-state index >= 15 is 0 Å². The van der Waals surface area contributed by atoms with Crippen molar-refractivity contribution in [3.05, 3.63) is 66.4 Å². The summed E-state index contributed by atoms with van der Waals surface area (Å²) >= 11 is 0. The molecule has 1 heterocycles. The molecule has 0 bridgehead atoms. The van der Waals surface area contributed by atoms with E-state index in [0.717, 1.165) is 22.7 Å². The lowest BCUT2D eigenvalue weighted by Crippen LogP contribution is -2.26. The molecule has 0 atom stereocenters. The van der Waals surface area contributed by atoms with Crippen molar-refractivity contribution in [2.45, 2.75) is 6.42 Å². The zero-order valence-electron chi connectivity index (χ0n) is 17.0. The number of hydrogen-bond donors (Lipinski definition) is 2. The molecule has 9 heteroatoms. The molecule has 0 saturated carbocycles. The smallest absolute Gasteiger partial charge is 0.304 e. The number of amides is 1. The van der Waals surface area contributed by atoms with E-state index in [1.165, 1.54) is 21.6 Å². The summed E-state index contributed by atoms with van der Waals surface area (Å²) in [6, 6.07) is 19.0. The average molecular weight is 458 g/mol. The van der Waals surface area contributed by atoms with E-state index < -0.39 is 5.97 Å². The minimum absolute atomic E-state index is 0.134. The van der Waals surface area contributed by atoms with Crippen molar-refractivity contribution >= 4 is 33.5 Å².